The molecule has 2 rings (SSSR count). The highest BCUT2D eigenvalue weighted by molar-refractivity contribution is 7.92. The molecule has 9 nitrogen and oxygen atoms in total. The van der Waals surface area contributed by atoms with Crippen LogP contribution in [0.15, 0.2) is 36.4 Å². The van der Waals surface area contributed by atoms with Crippen LogP contribution in [0.3, 0.4) is 0 Å². The van der Waals surface area contributed by atoms with E-state index in [0.29, 0.717) is 33.7 Å². The first-order valence-electron chi connectivity index (χ1n) is 10.6. The number of hydrogen-bond acceptors (Lipinski definition) is 6. The number of ether oxygens (including phenoxy) is 2. The number of amides is 2. The summed E-state index contributed by atoms with van der Waals surface area (Å²) in [4.78, 5) is 27.4. The van der Waals surface area contributed by atoms with Crippen molar-refractivity contribution in [3.05, 3.63) is 52.0 Å². The third kappa shape index (κ3) is 7.16. The summed E-state index contributed by atoms with van der Waals surface area (Å²) in [6.45, 7) is 3.00. The number of likely N-dealkylation sites (N-methyl/N-ethyl adjacent to an activating group) is 1. The fourth-order valence-electron chi connectivity index (χ4n) is 3.35. The lowest BCUT2D eigenvalue weighted by Crippen LogP contribution is -2.51. The minimum Gasteiger partial charge on any atom is -0.493 e. The second kappa shape index (κ2) is 12.3. The summed E-state index contributed by atoms with van der Waals surface area (Å²) < 4.78 is 36.8. The van der Waals surface area contributed by atoms with E-state index in [0.717, 1.165) is 10.6 Å². The molecule has 12 heteroatoms. The van der Waals surface area contributed by atoms with E-state index in [1.807, 2.05) is 0 Å². The van der Waals surface area contributed by atoms with Gasteiger partial charge in [-0.2, -0.15) is 0 Å². The highest BCUT2D eigenvalue weighted by atomic mass is 35.5. The van der Waals surface area contributed by atoms with Gasteiger partial charge in [-0.1, -0.05) is 29.3 Å². The van der Waals surface area contributed by atoms with Gasteiger partial charge in [-0.15, -0.1) is 0 Å². The average molecular weight is 546 g/mol. The Morgan fingerprint density at radius 3 is 2.17 bits per heavy atom. The van der Waals surface area contributed by atoms with Crippen molar-refractivity contribution in [3.8, 4) is 11.5 Å². The predicted molar refractivity (Wildman–Crippen MR) is 137 cm³/mol. The molecule has 192 valence electrons. The minimum absolute atomic E-state index is 0.0980. The summed E-state index contributed by atoms with van der Waals surface area (Å²) in [5, 5.41) is 3.31. The van der Waals surface area contributed by atoms with E-state index in [1.54, 1.807) is 32.0 Å². The number of benzene rings is 2. The molecule has 2 aromatic carbocycles. The molecular formula is C23H29Cl2N3O6S. The number of hydrogen-bond donors (Lipinski definition) is 1. The molecule has 1 N–H and O–H groups in total. The molecule has 0 aromatic heterocycles. The van der Waals surface area contributed by atoms with Gasteiger partial charge in [0.2, 0.25) is 21.8 Å². The Bertz CT molecular complexity index is 1160. The quantitative estimate of drug-likeness (QED) is 0.464. The third-order valence-corrected chi connectivity index (χ3v) is 7.09. The second-order valence-electron chi connectivity index (χ2n) is 7.60. The maximum atomic E-state index is 13.5. The topological polar surface area (TPSA) is 105 Å². The highest BCUT2D eigenvalue weighted by Crippen LogP contribution is 2.33. The summed E-state index contributed by atoms with van der Waals surface area (Å²) in [6.07, 6.45) is 0.986. The van der Waals surface area contributed by atoms with E-state index >= 15 is 0 Å². The Balaban J connectivity index is 2.49. The van der Waals surface area contributed by atoms with Gasteiger partial charge in [0.15, 0.2) is 11.5 Å². The van der Waals surface area contributed by atoms with Crippen molar-refractivity contribution in [2.24, 2.45) is 0 Å². The standard InChI is InChI=1S/C23H29Cl2N3O6S/c1-6-26-23(30)15(2)27(13-17-18(24)8-7-9-19(17)25)22(29)14-28(35(5,31)32)16-10-11-20(33-3)21(12-16)34-4/h7-12,15H,6,13-14H2,1-5H3,(H,26,30)/t15-/m1/s1. The van der Waals surface area contributed by atoms with Crippen LogP contribution in [0.4, 0.5) is 5.69 Å². The van der Waals surface area contributed by atoms with Crippen LogP contribution < -0.4 is 19.1 Å². The molecule has 2 amide bonds. The van der Waals surface area contributed by atoms with E-state index in [2.05, 4.69) is 5.32 Å². The van der Waals surface area contributed by atoms with E-state index in [1.165, 1.54) is 37.3 Å². The first kappa shape index (κ1) is 28.5. The van der Waals surface area contributed by atoms with Crippen LogP contribution in [0.1, 0.15) is 19.4 Å². The van der Waals surface area contributed by atoms with Crippen molar-refractivity contribution in [3.63, 3.8) is 0 Å². The number of methoxy groups -OCH3 is 2. The fraction of sp³-hybridized carbons (Fsp3) is 0.391. The van der Waals surface area contributed by atoms with Crippen molar-refractivity contribution in [1.29, 1.82) is 0 Å². The minimum atomic E-state index is -3.90. The zero-order chi connectivity index (χ0) is 26.3. The molecule has 35 heavy (non-hydrogen) atoms. The summed E-state index contributed by atoms with van der Waals surface area (Å²) in [6, 6.07) is 8.46. The molecule has 0 aliphatic carbocycles. The molecule has 1 atom stereocenters. The first-order chi connectivity index (χ1) is 16.4. The summed E-state index contributed by atoms with van der Waals surface area (Å²) in [5.74, 6) is -0.335. The lowest BCUT2D eigenvalue weighted by atomic mass is 10.1. The van der Waals surface area contributed by atoms with Crippen LogP contribution in [-0.2, 0) is 26.2 Å². The van der Waals surface area contributed by atoms with Crippen LogP contribution in [0.25, 0.3) is 0 Å². The molecule has 0 saturated carbocycles. The average Bonchev–Trinajstić information content (AvgIpc) is 2.80. The van der Waals surface area contributed by atoms with Crippen LogP contribution >= 0.6 is 23.2 Å². The van der Waals surface area contributed by atoms with Crippen LogP contribution in [0.5, 0.6) is 11.5 Å². The number of halogens is 2. The lowest BCUT2D eigenvalue weighted by Gasteiger charge is -2.32. The molecular weight excluding hydrogens is 517 g/mol. The van der Waals surface area contributed by atoms with Crippen LogP contribution in [0.2, 0.25) is 10.0 Å². The maximum Gasteiger partial charge on any atom is 0.244 e. The molecule has 0 saturated heterocycles. The van der Waals surface area contributed by atoms with E-state index in [-0.39, 0.29) is 12.2 Å². The van der Waals surface area contributed by atoms with Gasteiger partial charge >= 0.3 is 0 Å². The molecule has 0 bridgehead atoms. The number of carbonyl (C=O) groups excluding carboxylic acids is 2. The number of rotatable bonds is 11. The zero-order valence-corrected chi connectivity index (χ0v) is 22.5. The molecule has 0 fully saturated rings. The van der Waals surface area contributed by atoms with Gasteiger partial charge in [0.05, 0.1) is 26.2 Å². The molecule has 0 spiro atoms. The van der Waals surface area contributed by atoms with E-state index < -0.39 is 34.4 Å². The number of nitrogens with zero attached hydrogens (tertiary/aromatic N) is 2. The van der Waals surface area contributed by atoms with Crippen molar-refractivity contribution in [2.45, 2.75) is 26.4 Å². The molecule has 0 aliphatic rings. The number of sulfonamides is 1. The third-order valence-electron chi connectivity index (χ3n) is 5.24. The van der Waals surface area contributed by atoms with E-state index in [9.17, 15) is 18.0 Å². The SMILES string of the molecule is CCNC(=O)[C@@H](C)N(Cc1c(Cl)cccc1Cl)C(=O)CN(c1ccc(OC)c(OC)c1)S(C)(=O)=O. The largest absolute Gasteiger partial charge is 0.493 e. The molecule has 0 heterocycles. The summed E-state index contributed by atoms with van der Waals surface area (Å²) >= 11 is 12.6. The lowest BCUT2D eigenvalue weighted by molar-refractivity contribution is -0.139. The van der Waals surface area contributed by atoms with Crippen LogP contribution in [-0.4, -0.2) is 64.7 Å². The summed E-state index contributed by atoms with van der Waals surface area (Å²) in [7, 11) is -1.03. The predicted octanol–water partition coefficient (Wildman–Crippen LogP) is 3.33. The zero-order valence-electron chi connectivity index (χ0n) is 20.2. The number of carbonyl (C=O) groups is 2. The molecule has 0 unspecified atom stereocenters. The first-order valence-corrected chi connectivity index (χ1v) is 13.2. The van der Waals surface area contributed by atoms with Gasteiger partial charge in [0.25, 0.3) is 0 Å². The smallest absolute Gasteiger partial charge is 0.244 e. The Labute approximate surface area is 215 Å². The fourth-order valence-corrected chi connectivity index (χ4v) is 4.71. The van der Waals surface area contributed by atoms with Gasteiger partial charge in [-0.25, -0.2) is 8.42 Å². The molecule has 2 aromatic rings. The normalized spacial score (nSPS) is 12.0. The van der Waals surface area contributed by atoms with Crippen molar-refractivity contribution >= 4 is 50.7 Å². The van der Waals surface area contributed by atoms with Gasteiger partial charge in [0.1, 0.15) is 12.6 Å². The Morgan fingerprint density at radius 1 is 1.06 bits per heavy atom. The maximum absolute atomic E-state index is 13.5. The van der Waals surface area contributed by atoms with Crippen molar-refractivity contribution in [2.75, 3.05) is 37.9 Å². The summed E-state index contributed by atoms with van der Waals surface area (Å²) in [5.41, 5.74) is 0.636. The Hall–Kier alpha value is -2.69. The van der Waals surface area contributed by atoms with Crippen LogP contribution in [0, 0.1) is 0 Å². The van der Waals surface area contributed by atoms with Gasteiger partial charge in [-0.3, -0.25) is 13.9 Å². The monoisotopic (exact) mass is 545 g/mol. The molecule has 0 aliphatic heterocycles. The Kier molecular flexibility index (Phi) is 10.1. The van der Waals surface area contributed by atoms with Gasteiger partial charge in [-0.05, 0) is 38.1 Å². The second-order valence-corrected chi connectivity index (χ2v) is 10.3. The van der Waals surface area contributed by atoms with Gasteiger partial charge < -0.3 is 19.7 Å². The Morgan fingerprint density at radius 2 is 1.66 bits per heavy atom. The number of anilines is 1. The van der Waals surface area contributed by atoms with Crippen molar-refractivity contribution < 1.29 is 27.5 Å². The van der Waals surface area contributed by atoms with Crippen molar-refractivity contribution in [1.82, 2.24) is 10.2 Å². The van der Waals surface area contributed by atoms with E-state index in [4.69, 9.17) is 32.7 Å². The highest BCUT2D eigenvalue weighted by Gasteiger charge is 2.31. The number of nitrogens with one attached hydrogen (secondary N) is 1. The van der Waals surface area contributed by atoms with Gasteiger partial charge in [0, 0.05) is 34.8 Å². The molecule has 0 radical (unpaired) electrons.